The fraction of sp³-hybridized carbons (Fsp3) is 0.533. The molecule has 1 fully saturated rings. The highest BCUT2D eigenvalue weighted by Gasteiger charge is 2.25. The summed E-state index contributed by atoms with van der Waals surface area (Å²) in [6.07, 6.45) is 3.29. The van der Waals surface area contributed by atoms with E-state index in [1.54, 1.807) is 0 Å². The van der Waals surface area contributed by atoms with Crippen LogP contribution in [0.15, 0.2) is 30.3 Å². The van der Waals surface area contributed by atoms with Gasteiger partial charge in [0.2, 0.25) is 0 Å². The molecule has 1 N–H and O–H groups in total. The van der Waals surface area contributed by atoms with Crippen LogP contribution in [0.25, 0.3) is 0 Å². The fourth-order valence-corrected chi connectivity index (χ4v) is 2.54. The molecule has 1 aromatic rings. The molecule has 3 heteroatoms. The third-order valence-corrected chi connectivity index (χ3v) is 3.46. The first-order chi connectivity index (χ1) is 8.83. The van der Waals surface area contributed by atoms with Crippen LogP contribution in [-0.2, 0) is 0 Å². The molecule has 1 aromatic carbocycles. The smallest absolute Gasteiger partial charge is 0.254 e. The highest BCUT2D eigenvalue weighted by atomic mass is 16.2. The van der Waals surface area contributed by atoms with Gasteiger partial charge in [-0.05, 0) is 37.9 Å². The lowest BCUT2D eigenvalue weighted by atomic mass is 10.0. The Bertz CT molecular complexity index is 371. The summed E-state index contributed by atoms with van der Waals surface area (Å²) in [6, 6.07) is 9.96. The van der Waals surface area contributed by atoms with Crippen LogP contribution in [0.1, 0.15) is 36.5 Å². The molecule has 0 bridgehead atoms. The zero-order valence-corrected chi connectivity index (χ0v) is 11.1. The SMILES string of the molecule is CCCN(C(=O)c1ccccc1)C1CCCNC1. The molecular weight excluding hydrogens is 224 g/mol. The summed E-state index contributed by atoms with van der Waals surface area (Å²) < 4.78 is 0. The molecule has 0 aliphatic carbocycles. The van der Waals surface area contributed by atoms with Crippen molar-refractivity contribution in [1.29, 1.82) is 0 Å². The number of hydrogen-bond donors (Lipinski definition) is 1. The molecule has 0 saturated carbocycles. The van der Waals surface area contributed by atoms with E-state index in [0.717, 1.165) is 44.5 Å². The number of carbonyl (C=O) groups excluding carboxylic acids is 1. The summed E-state index contributed by atoms with van der Waals surface area (Å²) in [4.78, 5) is 14.6. The second-order valence-electron chi connectivity index (χ2n) is 4.86. The van der Waals surface area contributed by atoms with Gasteiger partial charge in [0.1, 0.15) is 0 Å². The van der Waals surface area contributed by atoms with Crippen LogP contribution in [0.4, 0.5) is 0 Å². The fourth-order valence-electron chi connectivity index (χ4n) is 2.54. The van der Waals surface area contributed by atoms with Crippen molar-refractivity contribution in [3.05, 3.63) is 35.9 Å². The van der Waals surface area contributed by atoms with E-state index in [4.69, 9.17) is 0 Å². The van der Waals surface area contributed by atoms with Crippen molar-refractivity contribution in [3.8, 4) is 0 Å². The Morgan fingerprint density at radius 2 is 2.17 bits per heavy atom. The summed E-state index contributed by atoms with van der Waals surface area (Å²) in [6.45, 7) is 4.98. The Morgan fingerprint density at radius 3 is 2.78 bits per heavy atom. The minimum Gasteiger partial charge on any atom is -0.334 e. The minimum absolute atomic E-state index is 0.172. The molecule has 18 heavy (non-hydrogen) atoms. The summed E-state index contributed by atoms with van der Waals surface area (Å²) in [7, 11) is 0. The third-order valence-electron chi connectivity index (χ3n) is 3.46. The molecule has 1 aliphatic rings. The summed E-state index contributed by atoms with van der Waals surface area (Å²) in [5.74, 6) is 0.172. The number of nitrogens with zero attached hydrogens (tertiary/aromatic N) is 1. The average molecular weight is 246 g/mol. The molecule has 1 unspecified atom stereocenters. The highest BCUT2D eigenvalue weighted by molar-refractivity contribution is 5.94. The van der Waals surface area contributed by atoms with Crippen LogP contribution in [0, 0.1) is 0 Å². The van der Waals surface area contributed by atoms with Gasteiger partial charge >= 0.3 is 0 Å². The Balaban J connectivity index is 2.11. The number of hydrogen-bond acceptors (Lipinski definition) is 2. The summed E-state index contributed by atoms with van der Waals surface area (Å²) in [5, 5.41) is 3.39. The summed E-state index contributed by atoms with van der Waals surface area (Å²) in [5.41, 5.74) is 0.802. The van der Waals surface area contributed by atoms with E-state index in [1.165, 1.54) is 0 Å². The van der Waals surface area contributed by atoms with Crippen molar-refractivity contribution in [3.63, 3.8) is 0 Å². The number of amides is 1. The van der Waals surface area contributed by atoms with Crippen molar-refractivity contribution in [2.45, 2.75) is 32.2 Å². The largest absolute Gasteiger partial charge is 0.334 e. The molecular formula is C15H22N2O. The Labute approximate surface area is 109 Å². The molecule has 98 valence electrons. The van der Waals surface area contributed by atoms with Crippen molar-refractivity contribution in [2.24, 2.45) is 0 Å². The van der Waals surface area contributed by atoms with E-state index >= 15 is 0 Å². The van der Waals surface area contributed by atoms with Crippen molar-refractivity contribution < 1.29 is 4.79 Å². The van der Waals surface area contributed by atoms with Crippen LogP contribution >= 0.6 is 0 Å². The lowest BCUT2D eigenvalue weighted by Crippen LogP contribution is -2.49. The van der Waals surface area contributed by atoms with E-state index in [1.807, 2.05) is 35.2 Å². The van der Waals surface area contributed by atoms with Crippen LogP contribution in [0.2, 0.25) is 0 Å². The van der Waals surface area contributed by atoms with E-state index in [-0.39, 0.29) is 5.91 Å². The molecule has 1 amide bonds. The van der Waals surface area contributed by atoms with Crippen molar-refractivity contribution >= 4 is 5.91 Å². The predicted octanol–water partition coefficient (Wildman–Crippen LogP) is 2.29. The second kappa shape index (κ2) is 6.55. The van der Waals surface area contributed by atoms with Gasteiger partial charge in [0, 0.05) is 24.7 Å². The topological polar surface area (TPSA) is 32.3 Å². The maximum atomic E-state index is 12.5. The van der Waals surface area contributed by atoms with E-state index in [2.05, 4.69) is 12.2 Å². The predicted molar refractivity (Wildman–Crippen MR) is 73.7 cm³/mol. The molecule has 1 aliphatic heterocycles. The molecule has 2 rings (SSSR count). The molecule has 3 nitrogen and oxygen atoms in total. The monoisotopic (exact) mass is 246 g/mol. The first kappa shape index (κ1) is 13.1. The van der Waals surface area contributed by atoms with Crippen molar-refractivity contribution in [2.75, 3.05) is 19.6 Å². The van der Waals surface area contributed by atoms with E-state index < -0.39 is 0 Å². The number of piperidine rings is 1. The van der Waals surface area contributed by atoms with Gasteiger partial charge in [0.25, 0.3) is 5.91 Å². The molecule has 0 spiro atoms. The summed E-state index contributed by atoms with van der Waals surface area (Å²) >= 11 is 0. The average Bonchev–Trinajstić information content (AvgIpc) is 2.46. The van der Waals surface area contributed by atoms with Crippen molar-refractivity contribution in [1.82, 2.24) is 10.2 Å². The van der Waals surface area contributed by atoms with E-state index in [9.17, 15) is 4.79 Å². The first-order valence-electron chi connectivity index (χ1n) is 6.89. The van der Waals surface area contributed by atoms with Crippen LogP contribution in [0.5, 0.6) is 0 Å². The second-order valence-corrected chi connectivity index (χ2v) is 4.86. The Kier molecular flexibility index (Phi) is 4.76. The van der Waals surface area contributed by atoms with Gasteiger partial charge in [-0.1, -0.05) is 25.1 Å². The van der Waals surface area contributed by atoms with Gasteiger partial charge in [0.05, 0.1) is 0 Å². The zero-order chi connectivity index (χ0) is 12.8. The molecule has 1 saturated heterocycles. The highest BCUT2D eigenvalue weighted by Crippen LogP contribution is 2.15. The molecule has 1 heterocycles. The third kappa shape index (κ3) is 3.10. The molecule has 0 aromatic heterocycles. The van der Waals surface area contributed by atoms with Gasteiger partial charge in [-0.15, -0.1) is 0 Å². The Morgan fingerprint density at radius 1 is 1.39 bits per heavy atom. The number of benzene rings is 1. The van der Waals surface area contributed by atoms with Crippen LogP contribution in [0.3, 0.4) is 0 Å². The van der Waals surface area contributed by atoms with E-state index in [0.29, 0.717) is 6.04 Å². The van der Waals surface area contributed by atoms with Crippen LogP contribution < -0.4 is 5.32 Å². The van der Waals surface area contributed by atoms with Gasteiger partial charge in [-0.2, -0.15) is 0 Å². The number of carbonyl (C=O) groups is 1. The van der Waals surface area contributed by atoms with Crippen LogP contribution in [-0.4, -0.2) is 36.5 Å². The van der Waals surface area contributed by atoms with Gasteiger partial charge in [-0.25, -0.2) is 0 Å². The zero-order valence-electron chi connectivity index (χ0n) is 11.1. The normalized spacial score (nSPS) is 19.5. The minimum atomic E-state index is 0.172. The standard InChI is InChI=1S/C15H22N2O/c1-2-11-17(14-9-6-10-16-12-14)15(18)13-7-4-3-5-8-13/h3-5,7-8,14,16H,2,6,9-12H2,1H3. The molecule has 1 atom stereocenters. The van der Waals surface area contributed by atoms with Gasteiger partial charge in [0.15, 0.2) is 0 Å². The number of rotatable bonds is 4. The lowest BCUT2D eigenvalue weighted by Gasteiger charge is -2.34. The first-order valence-corrected chi connectivity index (χ1v) is 6.89. The quantitative estimate of drug-likeness (QED) is 0.884. The Hall–Kier alpha value is -1.35. The maximum absolute atomic E-state index is 12.5. The van der Waals surface area contributed by atoms with Gasteiger partial charge in [-0.3, -0.25) is 4.79 Å². The molecule has 0 radical (unpaired) electrons. The maximum Gasteiger partial charge on any atom is 0.254 e. The number of nitrogens with one attached hydrogen (secondary N) is 1. The van der Waals surface area contributed by atoms with Gasteiger partial charge < -0.3 is 10.2 Å². The lowest BCUT2D eigenvalue weighted by molar-refractivity contribution is 0.0649.